The number of aliphatic hydroxyl groups is 1. The molecule has 1 fully saturated rings. The van der Waals surface area contributed by atoms with Crippen molar-refractivity contribution in [2.75, 3.05) is 18.1 Å². The Hall–Kier alpha value is -0.770. The van der Waals surface area contributed by atoms with Gasteiger partial charge in [-0.3, -0.25) is 0 Å². The molecule has 21 heavy (non-hydrogen) atoms. The van der Waals surface area contributed by atoms with Crippen LogP contribution >= 0.6 is 11.6 Å². The van der Waals surface area contributed by atoms with Crippen LogP contribution in [-0.4, -0.2) is 30.3 Å². The van der Waals surface area contributed by atoms with Gasteiger partial charge in [-0.05, 0) is 36.6 Å². The van der Waals surface area contributed by atoms with E-state index in [9.17, 15) is 5.11 Å². The van der Waals surface area contributed by atoms with Crippen LogP contribution in [0.1, 0.15) is 45.1 Å². The number of aliphatic hydroxyl groups excluding tert-OH is 1. The number of rotatable bonds is 7. The van der Waals surface area contributed by atoms with Gasteiger partial charge in [0.2, 0.25) is 0 Å². The van der Waals surface area contributed by atoms with Gasteiger partial charge < -0.3 is 15.3 Å². The van der Waals surface area contributed by atoms with Crippen LogP contribution in [0.4, 0.5) is 5.69 Å². The first-order chi connectivity index (χ1) is 10.1. The predicted octanol–water partition coefficient (Wildman–Crippen LogP) is 3.58. The van der Waals surface area contributed by atoms with Crippen molar-refractivity contribution in [3.05, 3.63) is 28.8 Å². The first-order valence-electron chi connectivity index (χ1n) is 8.01. The SMILES string of the molecule is CC(C)NCc1cc(Cl)ccc1N(CCO)C1CCCC1. The van der Waals surface area contributed by atoms with E-state index in [4.69, 9.17) is 11.6 Å². The lowest BCUT2D eigenvalue weighted by molar-refractivity contribution is 0.297. The van der Waals surface area contributed by atoms with Crippen molar-refractivity contribution in [1.82, 2.24) is 5.32 Å². The maximum absolute atomic E-state index is 9.44. The van der Waals surface area contributed by atoms with E-state index in [0.29, 0.717) is 18.6 Å². The topological polar surface area (TPSA) is 35.5 Å². The molecular weight excluding hydrogens is 284 g/mol. The summed E-state index contributed by atoms with van der Waals surface area (Å²) in [6.45, 7) is 5.98. The zero-order valence-electron chi connectivity index (χ0n) is 13.1. The van der Waals surface area contributed by atoms with Gasteiger partial charge in [0.05, 0.1) is 6.61 Å². The van der Waals surface area contributed by atoms with Crippen molar-refractivity contribution in [2.24, 2.45) is 0 Å². The molecule has 0 heterocycles. The molecule has 0 aromatic heterocycles. The minimum Gasteiger partial charge on any atom is -0.395 e. The number of benzene rings is 1. The van der Waals surface area contributed by atoms with Crippen LogP contribution in [0.15, 0.2) is 18.2 Å². The molecule has 0 atom stereocenters. The summed E-state index contributed by atoms with van der Waals surface area (Å²) in [4.78, 5) is 2.38. The second-order valence-electron chi connectivity index (χ2n) is 6.16. The van der Waals surface area contributed by atoms with Crippen LogP contribution in [0.3, 0.4) is 0 Å². The van der Waals surface area contributed by atoms with Gasteiger partial charge >= 0.3 is 0 Å². The molecule has 2 N–H and O–H groups in total. The van der Waals surface area contributed by atoms with Crippen molar-refractivity contribution in [3.8, 4) is 0 Å². The molecule has 0 spiro atoms. The lowest BCUT2D eigenvalue weighted by Crippen LogP contribution is -2.37. The molecule has 1 aliphatic carbocycles. The smallest absolute Gasteiger partial charge is 0.0606 e. The Balaban J connectivity index is 2.24. The lowest BCUT2D eigenvalue weighted by atomic mass is 10.1. The zero-order valence-corrected chi connectivity index (χ0v) is 13.9. The third-order valence-corrected chi connectivity index (χ3v) is 4.39. The van der Waals surface area contributed by atoms with E-state index in [0.717, 1.165) is 11.6 Å². The van der Waals surface area contributed by atoms with Gasteiger partial charge in [0.25, 0.3) is 0 Å². The summed E-state index contributed by atoms with van der Waals surface area (Å²) in [5, 5.41) is 13.7. The average Bonchev–Trinajstić information content (AvgIpc) is 2.97. The zero-order chi connectivity index (χ0) is 15.2. The number of nitrogens with one attached hydrogen (secondary N) is 1. The highest BCUT2D eigenvalue weighted by Gasteiger charge is 2.24. The molecule has 0 aliphatic heterocycles. The van der Waals surface area contributed by atoms with Gasteiger partial charge in [-0.2, -0.15) is 0 Å². The molecule has 1 aliphatic rings. The lowest BCUT2D eigenvalue weighted by Gasteiger charge is -2.32. The molecule has 0 saturated heterocycles. The molecule has 0 radical (unpaired) electrons. The number of hydrogen-bond acceptors (Lipinski definition) is 3. The molecule has 0 amide bonds. The summed E-state index contributed by atoms with van der Waals surface area (Å²) in [5.74, 6) is 0. The van der Waals surface area contributed by atoms with E-state index in [1.54, 1.807) is 0 Å². The highest BCUT2D eigenvalue weighted by molar-refractivity contribution is 6.30. The standard InChI is InChI=1S/C17H27ClN2O/c1-13(2)19-12-14-11-15(18)7-8-17(14)20(9-10-21)16-5-3-4-6-16/h7-8,11,13,16,19,21H,3-6,9-10,12H2,1-2H3. The Labute approximate surface area is 133 Å². The molecule has 118 valence electrons. The summed E-state index contributed by atoms with van der Waals surface area (Å²) >= 11 is 6.18. The summed E-state index contributed by atoms with van der Waals surface area (Å²) < 4.78 is 0. The Morgan fingerprint density at radius 1 is 1.33 bits per heavy atom. The van der Waals surface area contributed by atoms with E-state index < -0.39 is 0 Å². The summed E-state index contributed by atoms with van der Waals surface area (Å²) in [6, 6.07) is 7.10. The largest absolute Gasteiger partial charge is 0.395 e. The fraction of sp³-hybridized carbons (Fsp3) is 0.647. The summed E-state index contributed by atoms with van der Waals surface area (Å²) in [5.41, 5.74) is 2.44. The van der Waals surface area contributed by atoms with Crippen molar-refractivity contribution in [2.45, 2.75) is 58.2 Å². The van der Waals surface area contributed by atoms with Crippen LogP contribution in [0.5, 0.6) is 0 Å². The van der Waals surface area contributed by atoms with Crippen LogP contribution < -0.4 is 10.2 Å². The third kappa shape index (κ3) is 4.60. The molecule has 2 rings (SSSR count). The second kappa shape index (κ2) is 8.02. The van der Waals surface area contributed by atoms with Gasteiger partial charge in [0.15, 0.2) is 0 Å². The van der Waals surface area contributed by atoms with Crippen LogP contribution in [0.2, 0.25) is 5.02 Å². The van der Waals surface area contributed by atoms with Gasteiger partial charge in [0.1, 0.15) is 0 Å². The van der Waals surface area contributed by atoms with Crippen molar-refractivity contribution in [3.63, 3.8) is 0 Å². The minimum atomic E-state index is 0.191. The average molecular weight is 311 g/mol. The van der Waals surface area contributed by atoms with Crippen LogP contribution in [-0.2, 0) is 6.54 Å². The van der Waals surface area contributed by atoms with Crippen LogP contribution in [0.25, 0.3) is 0 Å². The van der Waals surface area contributed by atoms with E-state index in [2.05, 4.69) is 30.1 Å². The van der Waals surface area contributed by atoms with E-state index >= 15 is 0 Å². The minimum absolute atomic E-state index is 0.191. The Morgan fingerprint density at radius 3 is 2.67 bits per heavy atom. The molecule has 0 bridgehead atoms. The number of halogens is 1. The maximum atomic E-state index is 9.44. The fourth-order valence-electron chi connectivity index (χ4n) is 3.11. The normalized spacial score (nSPS) is 15.9. The highest BCUT2D eigenvalue weighted by Crippen LogP contribution is 2.31. The number of nitrogens with zero attached hydrogens (tertiary/aromatic N) is 1. The van der Waals surface area contributed by atoms with Gasteiger partial charge in [-0.25, -0.2) is 0 Å². The van der Waals surface area contributed by atoms with E-state index in [-0.39, 0.29) is 6.61 Å². The summed E-state index contributed by atoms with van der Waals surface area (Å²) in [7, 11) is 0. The van der Waals surface area contributed by atoms with E-state index in [1.807, 2.05) is 12.1 Å². The Morgan fingerprint density at radius 2 is 2.05 bits per heavy atom. The molecule has 1 saturated carbocycles. The number of hydrogen-bond donors (Lipinski definition) is 2. The quantitative estimate of drug-likeness (QED) is 0.808. The fourth-order valence-corrected chi connectivity index (χ4v) is 3.31. The molecule has 1 aromatic carbocycles. The monoisotopic (exact) mass is 310 g/mol. The maximum Gasteiger partial charge on any atom is 0.0606 e. The van der Waals surface area contributed by atoms with Crippen LogP contribution in [0, 0.1) is 0 Å². The Bertz CT molecular complexity index is 444. The van der Waals surface area contributed by atoms with Gasteiger partial charge in [0, 0.05) is 35.9 Å². The number of anilines is 1. The molecule has 1 aromatic rings. The second-order valence-corrected chi connectivity index (χ2v) is 6.60. The van der Waals surface area contributed by atoms with Crippen molar-refractivity contribution < 1.29 is 5.11 Å². The molecule has 0 unspecified atom stereocenters. The van der Waals surface area contributed by atoms with Crippen molar-refractivity contribution >= 4 is 17.3 Å². The summed E-state index contributed by atoms with van der Waals surface area (Å²) in [6.07, 6.45) is 5.03. The first-order valence-corrected chi connectivity index (χ1v) is 8.39. The predicted molar refractivity (Wildman–Crippen MR) is 90.1 cm³/mol. The molecular formula is C17H27ClN2O. The molecule has 4 heteroatoms. The highest BCUT2D eigenvalue weighted by atomic mass is 35.5. The molecule has 3 nitrogen and oxygen atoms in total. The van der Waals surface area contributed by atoms with Crippen molar-refractivity contribution in [1.29, 1.82) is 0 Å². The Kier molecular flexibility index (Phi) is 6.34. The van der Waals surface area contributed by atoms with Gasteiger partial charge in [-0.15, -0.1) is 0 Å². The first kappa shape index (κ1) is 16.6. The van der Waals surface area contributed by atoms with E-state index in [1.165, 1.54) is 36.9 Å². The van der Waals surface area contributed by atoms with Gasteiger partial charge in [-0.1, -0.05) is 38.3 Å². The third-order valence-electron chi connectivity index (χ3n) is 4.16.